The van der Waals surface area contributed by atoms with Crippen molar-refractivity contribution in [3.8, 4) is 11.5 Å². The van der Waals surface area contributed by atoms with Crippen LogP contribution in [0.15, 0.2) is 41.3 Å². The Morgan fingerprint density at radius 3 is 2.56 bits per heavy atom. The molecule has 1 unspecified atom stereocenters. The van der Waals surface area contributed by atoms with E-state index >= 15 is 0 Å². The number of nitrogens with zero attached hydrogens (tertiary/aromatic N) is 3. The molecule has 2 aromatic heterocycles. The number of halogens is 3. The third-order valence-electron chi connectivity index (χ3n) is 7.37. The minimum atomic E-state index is -0.194. The number of rotatable bonds is 5. The normalized spacial score (nSPS) is 19.4. The first-order valence-corrected chi connectivity index (χ1v) is 12.2. The number of aryl methyl sites for hydroxylation is 1. The van der Waals surface area contributed by atoms with Gasteiger partial charge in [0, 0.05) is 49.3 Å². The van der Waals surface area contributed by atoms with E-state index in [1.54, 1.807) is 29.0 Å². The highest BCUT2D eigenvalue weighted by Crippen LogP contribution is 2.35. The lowest BCUT2D eigenvalue weighted by Crippen LogP contribution is -2.44. The van der Waals surface area contributed by atoms with Crippen LogP contribution in [-0.4, -0.2) is 53.3 Å². The van der Waals surface area contributed by atoms with Crippen LogP contribution in [0.3, 0.4) is 0 Å². The average molecular weight is 537 g/mol. The molecular weight excluding hydrogens is 506 g/mol. The molecule has 3 aromatic rings. The lowest BCUT2D eigenvalue weighted by atomic mass is 9.88. The zero-order valence-electron chi connectivity index (χ0n) is 20.0. The molecule has 194 valence electrons. The third kappa shape index (κ3) is 5.18. The molecule has 36 heavy (non-hydrogen) atoms. The number of piperidine rings is 1. The highest BCUT2D eigenvalue weighted by Gasteiger charge is 2.29. The molecule has 10 heteroatoms. The third-order valence-corrected chi connectivity index (χ3v) is 7.37. The maximum atomic E-state index is 14.9. The summed E-state index contributed by atoms with van der Waals surface area (Å²) in [6.07, 6.45) is 4.62. The van der Waals surface area contributed by atoms with Crippen LogP contribution in [0.5, 0.6) is 11.5 Å². The van der Waals surface area contributed by atoms with Crippen molar-refractivity contribution >= 4 is 35.7 Å². The minimum absolute atomic E-state index is 0. The van der Waals surface area contributed by atoms with Gasteiger partial charge < -0.3 is 24.3 Å². The van der Waals surface area contributed by atoms with Crippen LogP contribution in [0.2, 0.25) is 0 Å². The van der Waals surface area contributed by atoms with E-state index in [1.165, 1.54) is 0 Å². The van der Waals surface area contributed by atoms with E-state index in [2.05, 4.69) is 15.2 Å². The fraction of sp³-hybridized carbons (Fsp3) is 0.462. The molecule has 0 bridgehead atoms. The highest BCUT2D eigenvalue weighted by atomic mass is 35.5. The summed E-state index contributed by atoms with van der Waals surface area (Å²) >= 11 is 0. The Labute approximate surface area is 221 Å². The summed E-state index contributed by atoms with van der Waals surface area (Å²) in [7, 11) is 0. The van der Waals surface area contributed by atoms with Crippen LogP contribution in [-0.2, 0) is 13.1 Å². The van der Waals surface area contributed by atoms with Gasteiger partial charge >= 0.3 is 0 Å². The van der Waals surface area contributed by atoms with Gasteiger partial charge in [0.05, 0.1) is 17.4 Å². The molecular formula is C26H31Cl2FN4O3. The Bertz CT molecular complexity index is 1280. The SMILES string of the molecule is Cl.Cl.O=c1ccc2ccc(F)c3c2n1CCC3CN1CCC(NCc2cc3c(cn2)OCCO3)CC1. The van der Waals surface area contributed by atoms with Crippen molar-refractivity contribution in [1.29, 1.82) is 0 Å². The standard InChI is InChI=1S/C26H29FN4O3.2ClH/c27-21-3-1-17-2-4-24(32)31-10-5-18(25(21)26(17)31)16-30-8-6-19(7-9-30)28-14-20-13-22-23(15-29-20)34-12-11-33-22;;/h1-4,13,15,18-19,28H,5-12,14,16H2;2*1H. The summed E-state index contributed by atoms with van der Waals surface area (Å²) in [5, 5.41) is 4.57. The van der Waals surface area contributed by atoms with Gasteiger partial charge in [0.15, 0.2) is 11.5 Å². The fourth-order valence-electron chi connectivity index (χ4n) is 5.59. The van der Waals surface area contributed by atoms with Crippen LogP contribution in [0, 0.1) is 5.82 Å². The Hall–Kier alpha value is -2.39. The number of pyridine rings is 2. The van der Waals surface area contributed by atoms with Gasteiger partial charge in [-0.25, -0.2) is 4.39 Å². The van der Waals surface area contributed by atoms with E-state index in [1.807, 2.05) is 12.1 Å². The largest absolute Gasteiger partial charge is 0.486 e. The molecule has 1 fully saturated rings. The topological polar surface area (TPSA) is 68.6 Å². The number of hydrogen-bond acceptors (Lipinski definition) is 6. The van der Waals surface area contributed by atoms with E-state index in [0.717, 1.165) is 61.2 Å². The van der Waals surface area contributed by atoms with Gasteiger partial charge in [-0.3, -0.25) is 9.78 Å². The molecule has 1 aromatic carbocycles. The Kier molecular flexibility index (Phi) is 8.40. The molecule has 0 saturated carbocycles. The van der Waals surface area contributed by atoms with Crippen LogP contribution >= 0.6 is 24.8 Å². The second-order valence-electron chi connectivity index (χ2n) is 9.48. The molecule has 0 spiro atoms. The predicted octanol–water partition coefficient (Wildman–Crippen LogP) is 3.89. The molecule has 0 radical (unpaired) electrons. The van der Waals surface area contributed by atoms with Crippen molar-refractivity contribution < 1.29 is 13.9 Å². The van der Waals surface area contributed by atoms with Crippen molar-refractivity contribution in [2.75, 3.05) is 32.8 Å². The Morgan fingerprint density at radius 1 is 1.00 bits per heavy atom. The highest BCUT2D eigenvalue weighted by molar-refractivity contribution is 5.85. The van der Waals surface area contributed by atoms with Crippen molar-refractivity contribution in [2.24, 2.45) is 0 Å². The number of likely N-dealkylation sites (tertiary alicyclic amines) is 1. The van der Waals surface area contributed by atoms with Crippen LogP contribution < -0.4 is 20.3 Å². The summed E-state index contributed by atoms with van der Waals surface area (Å²) in [6, 6.07) is 9.11. The number of aromatic nitrogens is 2. The lowest BCUT2D eigenvalue weighted by molar-refractivity contribution is 0.170. The zero-order valence-corrected chi connectivity index (χ0v) is 21.6. The van der Waals surface area contributed by atoms with Crippen LogP contribution in [0.25, 0.3) is 10.9 Å². The number of ether oxygens (including phenoxy) is 2. The molecule has 3 aliphatic heterocycles. The van der Waals surface area contributed by atoms with Gasteiger partial charge in [0.25, 0.3) is 5.56 Å². The minimum Gasteiger partial charge on any atom is -0.486 e. The average Bonchev–Trinajstić information content (AvgIpc) is 2.87. The number of fused-ring (bicyclic) bond motifs is 1. The van der Waals surface area contributed by atoms with Gasteiger partial charge in [-0.2, -0.15) is 0 Å². The van der Waals surface area contributed by atoms with Crippen molar-refractivity contribution in [2.45, 2.75) is 44.3 Å². The summed E-state index contributed by atoms with van der Waals surface area (Å²) < 4.78 is 27.9. The molecule has 0 aliphatic carbocycles. The van der Waals surface area contributed by atoms with Gasteiger partial charge in [0.1, 0.15) is 19.0 Å². The maximum absolute atomic E-state index is 14.9. The fourth-order valence-corrected chi connectivity index (χ4v) is 5.59. The predicted molar refractivity (Wildman–Crippen MR) is 142 cm³/mol. The first-order valence-electron chi connectivity index (χ1n) is 12.2. The van der Waals surface area contributed by atoms with Gasteiger partial charge in [-0.05, 0) is 55.9 Å². The molecule has 0 amide bonds. The van der Waals surface area contributed by atoms with E-state index in [-0.39, 0.29) is 42.1 Å². The van der Waals surface area contributed by atoms with Crippen LogP contribution in [0.4, 0.5) is 4.39 Å². The summed E-state index contributed by atoms with van der Waals surface area (Å²) in [5.74, 6) is 1.40. The van der Waals surface area contributed by atoms with Crippen LogP contribution in [0.1, 0.15) is 36.4 Å². The molecule has 7 nitrogen and oxygen atoms in total. The first-order chi connectivity index (χ1) is 16.7. The number of hydrogen-bond donors (Lipinski definition) is 1. The molecule has 6 rings (SSSR count). The Morgan fingerprint density at radius 2 is 1.75 bits per heavy atom. The number of benzene rings is 1. The van der Waals surface area contributed by atoms with E-state index in [0.29, 0.717) is 43.7 Å². The molecule has 3 aliphatic rings. The van der Waals surface area contributed by atoms with E-state index in [4.69, 9.17) is 9.47 Å². The smallest absolute Gasteiger partial charge is 0.251 e. The van der Waals surface area contributed by atoms with Crippen molar-refractivity contribution in [3.63, 3.8) is 0 Å². The zero-order chi connectivity index (χ0) is 23.1. The monoisotopic (exact) mass is 536 g/mol. The molecule has 1 N–H and O–H groups in total. The number of nitrogens with one attached hydrogen (secondary N) is 1. The first kappa shape index (κ1) is 26.7. The second-order valence-corrected chi connectivity index (χ2v) is 9.48. The molecule has 5 heterocycles. The van der Waals surface area contributed by atoms with Gasteiger partial charge in [-0.15, -0.1) is 24.8 Å². The summed E-state index contributed by atoms with van der Waals surface area (Å²) in [4.78, 5) is 19.3. The summed E-state index contributed by atoms with van der Waals surface area (Å²) in [6.45, 7) is 5.27. The lowest BCUT2D eigenvalue weighted by Gasteiger charge is -2.36. The molecule has 1 saturated heterocycles. The maximum Gasteiger partial charge on any atom is 0.251 e. The van der Waals surface area contributed by atoms with E-state index < -0.39 is 0 Å². The van der Waals surface area contributed by atoms with Gasteiger partial charge in [-0.1, -0.05) is 0 Å². The van der Waals surface area contributed by atoms with Crippen molar-refractivity contribution in [3.05, 3.63) is 64.0 Å². The second kappa shape index (κ2) is 11.3. The summed E-state index contributed by atoms with van der Waals surface area (Å²) in [5.41, 5.74) is 2.40. The van der Waals surface area contributed by atoms with E-state index in [9.17, 15) is 9.18 Å². The van der Waals surface area contributed by atoms with Gasteiger partial charge in [0.2, 0.25) is 0 Å². The molecule has 1 atom stereocenters. The quantitative estimate of drug-likeness (QED) is 0.533. The van der Waals surface area contributed by atoms with Crippen molar-refractivity contribution in [1.82, 2.24) is 19.8 Å². The Balaban J connectivity index is 0.00000152.